The van der Waals surface area contributed by atoms with E-state index in [2.05, 4.69) is 22.0 Å². The topological polar surface area (TPSA) is 29.0 Å². The first-order chi connectivity index (χ1) is 7.38. The fourth-order valence-electron chi connectivity index (χ4n) is 1.71. The van der Waals surface area contributed by atoms with Gasteiger partial charge in [-0.25, -0.2) is 0 Å². The first-order valence-corrected chi connectivity index (χ1v) is 5.87. The summed E-state index contributed by atoms with van der Waals surface area (Å²) in [7, 11) is 0. The fraction of sp³-hybridized carbons (Fsp3) is 0.667. The van der Waals surface area contributed by atoms with Gasteiger partial charge >= 0.3 is 0 Å². The Balaban J connectivity index is 0.000000531. The molecule has 2 rings (SSSR count). The summed E-state index contributed by atoms with van der Waals surface area (Å²) in [4.78, 5) is 2.41. The van der Waals surface area contributed by atoms with Gasteiger partial charge in [0.25, 0.3) is 0 Å². The van der Waals surface area contributed by atoms with Gasteiger partial charge in [0, 0.05) is 25.8 Å². The number of hydrogen-bond acceptors (Lipinski definition) is 3. The Hall–Kier alpha value is -0.960. The van der Waals surface area contributed by atoms with Gasteiger partial charge in [-0.2, -0.15) is 10.2 Å². The van der Waals surface area contributed by atoms with Crippen molar-refractivity contribution in [1.82, 2.24) is 15.1 Å². The van der Waals surface area contributed by atoms with E-state index in [0.29, 0.717) is 0 Å². The Morgan fingerprint density at radius 2 is 2.13 bits per heavy atom. The van der Waals surface area contributed by atoms with Crippen LogP contribution < -0.4 is 0 Å². The average molecular weight is 207 g/mol. The second kappa shape index (κ2) is 6.51. The lowest BCUT2D eigenvalue weighted by Crippen LogP contribution is -2.45. The van der Waals surface area contributed by atoms with Gasteiger partial charge in [0.1, 0.15) is 0 Å². The molecule has 1 aromatic rings. The van der Waals surface area contributed by atoms with Gasteiger partial charge in [-0.15, -0.1) is 0 Å². The van der Waals surface area contributed by atoms with Gasteiger partial charge in [0.05, 0.1) is 5.69 Å². The molecule has 1 aromatic heterocycles. The van der Waals surface area contributed by atoms with Gasteiger partial charge in [-0.1, -0.05) is 27.2 Å². The van der Waals surface area contributed by atoms with Gasteiger partial charge in [0.15, 0.2) is 0 Å². The molecule has 0 aliphatic carbocycles. The predicted octanol–water partition coefficient (Wildman–Crippen LogP) is 2.34. The minimum atomic E-state index is 0.914. The molecule has 0 bridgehead atoms. The highest BCUT2D eigenvalue weighted by Crippen LogP contribution is 2.19. The molecule has 0 aromatic carbocycles. The smallest absolute Gasteiger partial charge is 0.0771 e. The van der Waals surface area contributed by atoms with Crippen LogP contribution in [0.5, 0.6) is 0 Å². The number of nitrogens with zero attached hydrogens (tertiary/aromatic N) is 3. The molecule has 3 heteroatoms. The van der Waals surface area contributed by atoms with Crippen LogP contribution in [0, 0.1) is 5.92 Å². The molecule has 0 atom stereocenters. The Labute approximate surface area is 92.5 Å². The molecule has 2 heterocycles. The molecule has 0 N–H and O–H groups in total. The third-order valence-corrected chi connectivity index (χ3v) is 2.62. The van der Waals surface area contributed by atoms with Gasteiger partial charge in [-0.3, -0.25) is 4.90 Å². The molecule has 0 amide bonds. The van der Waals surface area contributed by atoms with Crippen molar-refractivity contribution in [2.24, 2.45) is 5.92 Å². The Kier molecular flexibility index (Phi) is 5.26. The monoisotopic (exact) mass is 207 g/mol. The predicted molar refractivity (Wildman–Crippen MR) is 62.4 cm³/mol. The third-order valence-electron chi connectivity index (χ3n) is 2.62. The van der Waals surface area contributed by atoms with Crippen molar-refractivity contribution in [3.8, 4) is 0 Å². The molecule has 0 unspecified atom stereocenters. The maximum atomic E-state index is 4.06. The van der Waals surface area contributed by atoms with Crippen LogP contribution in [0.15, 0.2) is 18.3 Å². The van der Waals surface area contributed by atoms with E-state index in [1.165, 1.54) is 19.5 Å². The van der Waals surface area contributed by atoms with Crippen molar-refractivity contribution < 1.29 is 0 Å². The summed E-state index contributed by atoms with van der Waals surface area (Å²) < 4.78 is 0. The summed E-state index contributed by atoms with van der Waals surface area (Å²) >= 11 is 0. The Morgan fingerprint density at radius 3 is 2.67 bits per heavy atom. The van der Waals surface area contributed by atoms with Gasteiger partial charge in [0.2, 0.25) is 0 Å². The highest BCUT2D eigenvalue weighted by Gasteiger charge is 2.24. The number of aromatic nitrogens is 2. The van der Waals surface area contributed by atoms with Crippen LogP contribution in [0.25, 0.3) is 0 Å². The summed E-state index contributed by atoms with van der Waals surface area (Å²) in [6, 6.07) is 3.98. The quantitative estimate of drug-likeness (QED) is 0.762. The van der Waals surface area contributed by atoms with Crippen molar-refractivity contribution in [3.05, 3.63) is 24.0 Å². The zero-order valence-corrected chi connectivity index (χ0v) is 9.98. The normalized spacial score (nSPS) is 16.5. The van der Waals surface area contributed by atoms with Crippen LogP contribution in [0.4, 0.5) is 0 Å². The molecule has 84 valence electrons. The first kappa shape index (κ1) is 12.1. The van der Waals surface area contributed by atoms with Crippen molar-refractivity contribution in [1.29, 1.82) is 0 Å². The molecule has 1 aliphatic rings. The van der Waals surface area contributed by atoms with Crippen LogP contribution in [0.2, 0.25) is 0 Å². The van der Waals surface area contributed by atoms with Crippen LogP contribution in [-0.4, -0.2) is 28.2 Å². The standard InChI is InChI=1S/C10H15N3.C2H6/c1-2-9-6-13(7-9)8-10-4-3-5-11-12-10;1-2/h3-5,9H,2,6-8H2,1H3;1-2H3. The van der Waals surface area contributed by atoms with Gasteiger partial charge < -0.3 is 0 Å². The summed E-state index contributed by atoms with van der Waals surface area (Å²) in [5.41, 5.74) is 1.08. The zero-order chi connectivity index (χ0) is 11.1. The van der Waals surface area contributed by atoms with Crippen molar-refractivity contribution in [2.75, 3.05) is 13.1 Å². The Bertz CT molecular complexity index is 255. The summed E-state index contributed by atoms with van der Waals surface area (Å²) in [6.45, 7) is 9.68. The van der Waals surface area contributed by atoms with E-state index in [4.69, 9.17) is 0 Å². The minimum absolute atomic E-state index is 0.914. The van der Waals surface area contributed by atoms with Crippen LogP contribution in [0.3, 0.4) is 0 Å². The molecule has 1 saturated heterocycles. The highest BCUT2D eigenvalue weighted by atomic mass is 15.2. The van der Waals surface area contributed by atoms with E-state index < -0.39 is 0 Å². The molecule has 0 spiro atoms. The van der Waals surface area contributed by atoms with Crippen LogP contribution in [0.1, 0.15) is 32.9 Å². The molecular weight excluding hydrogens is 186 g/mol. The maximum Gasteiger partial charge on any atom is 0.0771 e. The summed E-state index contributed by atoms with van der Waals surface area (Å²) in [5.74, 6) is 0.914. The van der Waals surface area contributed by atoms with E-state index in [1.807, 2.05) is 26.0 Å². The van der Waals surface area contributed by atoms with Gasteiger partial charge in [-0.05, 0) is 18.1 Å². The third kappa shape index (κ3) is 3.59. The largest absolute Gasteiger partial charge is 0.297 e. The molecular formula is C12H21N3. The molecule has 15 heavy (non-hydrogen) atoms. The number of likely N-dealkylation sites (tertiary alicyclic amines) is 1. The van der Waals surface area contributed by atoms with Crippen molar-refractivity contribution in [2.45, 2.75) is 33.7 Å². The lowest BCUT2D eigenvalue weighted by atomic mass is 9.97. The van der Waals surface area contributed by atoms with E-state index >= 15 is 0 Å². The van der Waals surface area contributed by atoms with Crippen LogP contribution in [-0.2, 0) is 6.54 Å². The van der Waals surface area contributed by atoms with Crippen molar-refractivity contribution >= 4 is 0 Å². The lowest BCUT2D eigenvalue weighted by Gasteiger charge is -2.38. The molecule has 1 fully saturated rings. The second-order valence-electron chi connectivity index (χ2n) is 3.68. The van der Waals surface area contributed by atoms with E-state index in [9.17, 15) is 0 Å². The zero-order valence-electron chi connectivity index (χ0n) is 9.98. The van der Waals surface area contributed by atoms with E-state index in [1.54, 1.807) is 6.20 Å². The SMILES string of the molecule is CC.CCC1CN(Cc2cccnn2)C1. The number of hydrogen-bond donors (Lipinski definition) is 0. The summed E-state index contributed by atoms with van der Waals surface area (Å²) in [5, 5.41) is 7.92. The molecule has 0 radical (unpaired) electrons. The molecule has 3 nitrogen and oxygen atoms in total. The molecule has 1 aliphatic heterocycles. The fourth-order valence-corrected chi connectivity index (χ4v) is 1.71. The van der Waals surface area contributed by atoms with E-state index in [0.717, 1.165) is 18.2 Å². The Morgan fingerprint density at radius 1 is 1.40 bits per heavy atom. The summed E-state index contributed by atoms with van der Waals surface area (Å²) in [6.07, 6.45) is 3.02. The average Bonchev–Trinajstić information content (AvgIpc) is 2.27. The first-order valence-electron chi connectivity index (χ1n) is 5.87. The molecule has 0 saturated carbocycles. The number of rotatable bonds is 3. The van der Waals surface area contributed by atoms with Crippen LogP contribution >= 0.6 is 0 Å². The van der Waals surface area contributed by atoms with E-state index in [-0.39, 0.29) is 0 Å². The highest BCUT2D eigenvalue weighted by molar-refractivity contribution is 5.00. The van der Waals surface area contributed by atoms with Crippen molar-refractivity contribution in [3.63, 3.8) is 0 Å². The lowest BCUT2D eigenvalue weighted by molar-refractivity contribution is 0.0882. The maximum absolute atomic E-state index is 4.06. The minimum Gasteiger partial charge on any atom is -0.297 e. The second-order valence-corrected chi connectivity index (χ2v) is 3.68.